The highest BCUT2D eigenvalue weighted by molar-refractivity contribution is 5.84. The Morgan fingerprint density at radius 3 is 2.57 bits per heavy atom. The molecule has 0 aliphatic carbocycles. The Morgan fingerprint density at radius 2 is 2.00 bits per heavy atom. The van der Waals surface area contributed by atoms with Crippen molar-refractivity contribution in [1.29, 1.82) is 0 Å². The van der Waals surface area contributed by atoms with Crippen molar-refractivity contribution in [2.24, 2.45) is 0 Å². The number of likely N-dealkylation sites (N-methyl/N-ethyl adjacent to an activating group) is 1. The Morgan fingerprint density at radius 1 is 1.33 bits per heavy atom. The number of aromatic carboxylic acids is 1. The summed E-state index contributed by atoms with van der Waals surface area (Å²) >= 11 is 0. The molecule has 0 aromatic carbocycles. The fourth-order valence-corrected chi connectivity index (χ4v) is 2.60. The number of piperazine rings is 1. The van der Waals surface area contributed by atoms with Gasteiger partial charge in [0.05, 0.1) is 6.54 Å². The van der Waals surface area contributed by atoms with Crippen LogP contribution in [0.2, 0.25) is 0 Å². The maximum Gasteiger partial charge on any atom is 0.371 e. The Hall–Kier alpha value is -1.37. The normalized spacial score (nSPS) is 18.0. The quantitative estimate of drug-likeness (QED) is 0.819. The van der Waals surface area contributed by atoms with E-state index in [1.807, 2.05) is 0 Å². The maximum atomic E-state index is 10.8. The van der Waals surface area contributed by atoms with Gasteiger partial charge in [-0.05, 0) is 33.0 Å². The Balaban J connectivity index is 1.79. The van der Waals surface area contributed by atoms with Gasteiger partial charge in [0.2, 0.25) is 5.76 Å². The minimum Gasteiger partial charge on any atom is -0.475 e. The zero-order chi connectivity index (χ0) is 15.5. The van der Waals surface area contributed by atoms with Crippen molar-refractivity contribution in [2.75, 3.05) is 39.8 Å². The van der Waals surface area contributed by atoms with Crippen LogP contribution in [-0.2, 0) is 6.54 Å². The number of hydrogen-bond donors (Lipinski definition) is 2. The van der Waals surface area contributed by atoms with E-state index in [4.69, 9.17) is 9.52 Å². The molecular weight excluding hydrogens is 270 g/mol. The van der Waals surface area contributed by atoms with Crippen LogP contribution >= 0.6 is 0 Å². The van der Waals surface area contributed by atoms with Gasteiger partial charge in [-0.25, -0.2) is 4.79 Å². The molecule has 118 valence electrons. The summed E-state index contributed by atoms with van der Waals surface area (Å²) in [7, 11) is 2.15. The molecule has 1 aromatic rings. The van der Waals surface area contributed by atoms with Crippen LogP contribution in [0.1, 0.15) is 30.2 Å². The number of carboxylic acid groups (broad SMARTS) is 1. The minimum atomic E-state index is -1.03. The van der Waals surface area contributed by atoms with Crippen LogP contribution in [0.25, 0.3) is 0 Å². The molecule has 21 heavy (non-hydrogen) atoms. The summed E-state index contributed by atoms with van der Waals surface area (Å²) < 4.78 is 5.24. The summed E-state index contributed by atoms with van der Waals surface area (Å²) in [6.07, 6.45) is 0. The molecule has 6 heteroatoms. The molecule has 1 aliphatic rings. The molecule has 0 spiro atoms. The van der Waals surface area contributed by atoms with Gasteiger partial charge in [0, 0.05) is 38.3 Å². The van der Waals surface area contributed by atoms with Crippen molar-refractivity contribution in [2.45, 2.75) is 25.9 Å². The number of rotatable bonds is 6. The van der Waals surface area contributed by atoms with Crippen molar-refractivity contribution in [3.05, 3.63) is 23.7 Å². The molecule has 1 fully saturated rings. The number of hydrogen-bond acceptors (Lipinski definition) is 5. The Labute approximate surface area is 125 Å². The molecule has 0 radical (unpaired) electrons. The monoisotopic (exact) mass is 295 g/mol. The summed E-state index contributed by atoms with van der Waals surface area (Å²) in [6, 6.07) is 3.20. The van der Waals surface area contributed by atoms with E-state index in [9.17, 15) is 4.79 Å². The fraction of sp³-hybridized carbons (Fsp3) is 0.667. The second-order valence-corrected chi connectivity index (χ2v) is 6.28. The smallest absolute Gasteiger partial charge is 0.371 e. The number of carboxylic acids is 1. The van der Waals surface area contributed by atoms with E-state index in [0.717, 1.165) is 32.7 Å². The summed E-state index contributed by atoms with van der Waals surface area (Å²) in [5.74, 6) is -0.384. The first-order valence-electron chi connectivity index (χ1n) is 7.35. The highest BCUT2D eigenvalue weighted by Crippen LogP contribution is 2.16. The predicted octanol–water partition coefficient (Wildman–Crippen LogP) is 1.09. The lowest BCUT2D eigenvalue weighted by Gasteiger charge is -2.43. The van der Waals surface area contributed by atoms with Crippen LogP contribution in [0.3, 0.4) is 0 Å². The van der Waals surface area contributed by atoms with Crippen molar-refractivity contribution < 1.29 is 14.3 Å². The molecular formula is C15H25N3O3. The van der Waals surface area contributed by atoms with Crippen molar-refractivity contribution in [1.82, 2.24) is 15.1 Å². The topological polar surface area (TPSA) is 69.0 Å². The summed E-state index contributed by atoms with van der Waals surface area (Å²) in [5, 5.41) is 12.2. The van der Waals surface area contributed by atoms with E-state index < -0.39 is 5.97 Å². The third kappa shape index (κ3) is 4.30. The first kappa shape index (κ1) is 16.0. The van der Waals surface area contributed by atoms with Crippen LogP contribution in [-0.4, -0.2) is 66.2 Å². The molecule has 2 heterocycles. The van der Waals surface area contributed by atoms with E-state index in [1.165, 1.54) is 6.07 Å². The standard InChI is InChI=1S/C15H25N3O3/c1-15(2,18-8-6-17(3)7-9-18)11-16-10-12-4-5-13(21-12)14(19)20/h4-5,16H,6-11H2,1-3H3,(H,19,20). The number of furan rings is 1. The van der Waals surface area contributed by atoms with Crippen molar-refractivity contribution >= 4 is 5.97 Å². The van der Waals surface area contributed by atoms with E-state index in [1.54, 1.807) is 6.07 Å². The van der Waals surface area contributed by atoms with Crippen LogP contribution in [0.15, 0.2) is 16.5 Å². The summed E-state index contributed by atoms with van der Waals surface area (Å²) in [5.41, 5.74) is 0.0729. The number of carbonyl (C=O) groups is 1. The van der Waals surface area contributed by atoms with Gasteiger partial charge in [-0.2, -0.15) is 0 Å². The van der Waals surface area contributed by atoms with E-state index in [0.29, 0.717) is 12.3 Å². The third-order valence-electron chi connectivity index (χ3n) is 4.09. The first-order chi connectivity index (χ1) is 9.88. The molecule has 6 nitrogen and oxygen atoms in total. The molecule has 0 unspecified atom stereocenters. The third-order valence-corrected chi connectivity index (χ3v) is 4.09. The molecule has 1 aromatic heterocycles. The molecule has 0 amide bonds. The number of nitrogens with one attached hydrogen (secondary N) is 1. The second-order valence-electron chi connectivity index (χ2n) is 6.28. The molecule has 0 atom stereocenters. The van der Waals surface area contributed by atoms with Gasteiger partial charge >= 0.3 is 5.97 Å². The molecule has 0 saturated carbocycles. The average Bonchev–Trinajstić information content (AvgIpc) is 2.88. The highest BCUT2D eigenvalue weighted by atomic mass is 16.4. The Bertz CT molecular complexity index is 476. The Kier molecular flexibility index (Phi) is 5.03. The lowest BCUT2D eigenvalue weighted by molar-refractivity contribution is 0.0611. The van der Waals surface area contributed by atoms with Gasteiger partial charge in [-0.1, -0.05) is 0 Å². The van der Waals surface area contributed by atoms with Gasteiger partial charge in [0.25, 0.3) is 0 Å². The van der Waals surface area contributed by atoms with Crippen molar-refractivity contribution in [3.63, 3.8) is 0 Å². The largest absolute Gasteiger partial charge is 0.475 e. The van der Waals surface area contributed by atoms with E-state index in [-0.39, 0.29) is 11.3 Å². The SMILES string of the molecule is CN1CCN(C(C)(C)CNCc2ccc(C(=O)O)o2)CC1. The summed E-state index contributed by atoms with van der Waals surface area (Å²) in [6.45, 7) is 10.2. The van der Waals surface area contributed by atoms with Gasteiger partial charge in [0.1, 0.15) is 5.76 Å². The molecule has 1 aliphatic heterocycles. The van der Waals surface area contributed by atoms with Gasteiger partial charge in [-0.15, -0.1) is 0 Å². The highest BCUT2D eigenvalue weighted by Gasteiger charge is 2.28. The predicted molar refractivity (Wildman–Crippen MR) is 80.5 cm³/mol. The van der Waals surface area contributed by atoms with Crippen LogP contribution < -0.4 is 5.32 Å². The fourth-order valence-electron chi connectivity index (χ4n) is 2.60. The van der Waals surface area contributed by atoms with Gasteiger partial charge in [0.15, 0.2) is 0 Å². The van der Waals surface area contributed by atoms with E-state index in [2.05, 4.69) is 36.0 Å². The van der Waals surface area contributed by atoms with Crippen LogP contribution in [0.4, 0.5) is 0 Å². The second kappa shape index (κ2) is 6.60. The lowest BCUT2D eigenvalue weighted by atomic mass is 10.0. The van der Waals surface area contributed by atoms with E-state index >= 15 is 0 Å². The molecule has 2 N–H and O–H groups in total. The zero-order valence-corrected chi connectivity index (χ0v) is 13.1. The zero-order valence-electron chi connectivity index (χ0n) is 13.1. The average molecular weight is 295 g/mol. The molecule has 0 bridgehead atoms. The first-order valence-corrected chi connectivity index (χ1v) is 7.35. The van der Waals surface area contributed by atoms with Crippen molar-refractivity contribution in [3.8, 4) is 0 Å². The molecule has 1 saturated heterocycles. The lowest BCUT2D eigenvalue weighted by Crippen LogP contribution is -2.57. The van der Waals surface area contributed by atoms with Crippen LogP contribution in [0.5, 0.6) is 0 Å². The minimum absolute atomic E-state index is 0.00914. The molecule has 2 rings (SSSR count). The number of nitrogens with zero attached hydrogens (tertiary/aromatic N) is 2. The van der Waals surface area contributed by atoms with Crippen LogP contribution in [0, 0.1) is 0 Å². The van der Waals surface area contributed by atoms with Gasteiger partial charge < -0.3 is 19.7 Å². The van der Waals surface area contributed by atoms with Gasteiger partial charge in [-0.3, -0.25) is 4.90 Å². The maximum absolute atomic E-state index is 10.8. The summed E-state index contributed by atoms with van der Waals surface area (Å²) in [4.78, 5) is 15.6.